The second kappa shape index (κ2) is 8.25. The molecular formula is C26H30FN7O. The summed E-state index contributed by atoms with van der Waals surface area (Å²) in [5.41, 5.74) is 9.59. The average Bonchev–Trinajstić information content (AvgIpc) is 3.41. The molecule has 3 atom stereocenters. The highest BCUT2D eigenvalue weighted by Gasteiger charge is 2.47. The van der Waals surface area contributed by atoms with Gasteiger partial charge in [-0.05, 0) is 38.2 Å². The van der Waals surface area contributed by atoms with Gasteiger partial charge in [0.15, 0.2) is 5.84 Å². The molecular weight excluding hydrogens is 445 g/mol. The summed E-state index contributed by atoms with van der Waals surface area (Å²) in [5.74, 6) is 1.24. The number of benzene rings is 1. The number of aliphatic imine (C=N–C) groups is 1. The van der Waals surface area contributed by atoms with Crippen LogP contribution < -0.4 is 15.5 Å². The SMILES string of the molecule is [C-]#[N+]c1ccc2c(c1F)C(C)CCN2C1=NCc2nc(N3CCC4(CC3)CO[C@@H](C)[C@H]4N)cnc21. The van der Waals surface area contributed by atoms with Crippen molar-refractivity contribution < 1.29 is 9.13 Å². The minimum Gasteiger partial charge on any atom is -0.376 e. The van der Waals surface area contributed by atoms with Crippen molar-refractivity contribution in [3.05, 3.63) is 52.5 Å². The highest BCUT2D eigenvalue weighted by atomic mass is 19.1. The van der Waals surface area contributed by atoms with Crippen LogP contribution in [0, 0.1) is 17.8 Å². The van der Waals surface area contributed by atoms with Crippen LogP contribution in [0.4, 0.5) is 21.6 Å². The molecule has 4 aliphatic rings. The van der Waals surface area contributed by atoms with Crippen LogP contribution in [0.5, 0.6) is 0 Å². The highest BCUT2D eigenvalue weighted by Crippen LogP contribution is 2.43. The molecule has 2 N–H and O–H groups in total. The summed E-state index contributed by atoms with van der Waals surface area (Å²) in [5, 5.41) is 0. The molecule has 1 aromatic heterocycles. The number of nitrogens with two attached hydrogens (primary N) is 1. The number of nitrogens with zero attached hydrogens (tertiary/aromatic N) is 6. The van der Waals surface area contributed by atoms with Gasteiger partial charge in [-0.15, -0.1) is 0 Å². The van der Waals surface area contributed by atoms with Gasteiger partial charge in [-0.25, -0.2) is 19.2 Å². The lowest BCUT2D eigenvalue weighted by atomic mass is 9.73. The Balaban J connectivity index is 1.23. The third-order valence-electron chi connectivity index (χ3n) is 8.43. The number of rotatable bonds is 1. The Hall–Kier alpha value is -3.09. The molecule has 0 radical (unpaired) electrons. The monoisotopic (exact) mass is 475 g/mol. The van der Waals surface area contributed by atoms with Crippen molar-refractivity contribution in [2.24, 2.45) is 16.1 Å². The number of fused-ring (bicyclic) bond motifs is 2. The number of amidine groups is 1. The molecule has 35 heavy (non-hydrogen) atoms. The molecule has 1 spiro atoms. The van der Waals surface area contributed by atoms with Gasteiger partial charge in [0, 0.05) is 42.3 Å². The lowest BCUT2D eigenvalue weighted by Crippen LogP contribution is -2.50. The molecule has 5 heterocycles. The standard InChI is InChI=1S/C26H30FN7O/c1-15-6-9-34(19-5-4-17(29-3)22(27)21(15)19)25-23-18(12-31-25)32-20(13-30-23)33-10-7-26(8-11-33)14-35-16(2)24(26)28/h4-5,13,15-16,24H,6-12,14,28H2,1-2H3/t15?,16-,24+/m0/s1. The Morgan fingerprint density at radius 2 is 2.03 bits per heavy atom. The highest BCUT2D eigenvalue weighted by molar-refractivity contribution is 6.11. The first kappa shape index (κ1) is 22.4. The number of anilines is 2. The van der Waals surface area contributed by atoms with Crippen LogP contribution in [0.2, 0.25) is 0 Å². The van der Waals surface area contributed by atoms with E-state index in [1.807, 2.05) is 24.1 Å². The summed E-state index contributed by atoms with van der Waals surface area (Å²) >= 11 is 0. The maximum absolute atomic E-state index is 15.0. The van der Waals surface area contributed by atoms with Gasteiger partial charge in [-0.1, -0.05) is 13.0 Å². The molecule has 1 unspecified atom stereocenters. The van der Waals surface area contributed by atoms with Crippen molar-refractivity contribution in [2.75, 3.05) is 36.0 Å². The lowest BCUT2D eigenvalue weighted by molar-refractivity contribution is 0.0974. The first-order valence-electron chi connectivity index (χ1n) is 12.4. The second-order valence-electron chi connectivity index (χ2n) is 10.3. The topological polar surface area (TPSA) is 84.2 Å². The molecule has 182 valence electrons. The molecule has 9 heteroatoms. The van der Waals surface area contributed by atoms with Gasteiger partial charge in [0.25, 0.3) is 0 Å². The summed E-state index contributed by atoms with van der Waals surface area (Å²) in [6.07, 6.45) is 4.70. The van der Waals surface area contributed by atoms with Crippen LogP contribution in [0.15, 0.2) is 23.3 Å². The molecule has 0 saturated carbocycles. The van der Waals surface area contributed by atoms with Gasteiger partial charge in [0.2, 0.25) is 5.69 Å². The van der Waals surface area contributed by atoms with E-state index in [1.165, 1.54) is 0 Å². The first-order valence-corrected chi connectivity index (χ1v) is 12.4. The zero-order valence-electron chi connectivity index (χ0n) is 20.2. The fourth-order valence-electron chi connectivity index (χ4n) is 6.13. The lowest BCUT2D eigenvalue weighted by Gasteiger charge is -2.41. The first-order chi connectivity index (χ1) is 16.9. The Morgan fingerprint density at radius 3 is 2.74 bits per heavy atom. The number of aromatic nitrogens is 2. The number of hydrogen-bond donors (Lipinski definition) is 1. The Kier molecular flexibility index (Phi) is 5.27. The fourth-order valence-corrected chi connectivity index (χ4v) is 6.13. The van der Waals surface area contributed by atoms with Gasteiger partial charge in [0.05, 0.1) is 37.7 Å². The van der Waals surface area contributed by atoms with Gasteiger partial charge < -0.3 is 20.3 Å². The smallest absolute Gasteiger partial charge is 0.222 e. The van der Waals surface area contributed by atoms with Crippen molar-refractivity contribution in [1.29, 1.82) is 0 Å². The maximum Gasteiger partial charge on any atom is 0.222 e. The van der Waals surface area contributed by atoms with E-state index in [9.17, 15) is 0 Å². The third-order valence-corrected chi connectivity index (χ3v) is 8.43. The molecule has 0 bridgehead atoms. The Bertz CT molecular complexity index is 1250. The number of piperidine rings is 1. The van der Waals surface area contributed by atoms with E-state index in [2.05, 4.69) is 16.7 Å². The summed E-state index contributed by atoms with van der Waals surface area (Å²) < 4.78 is 20.9. The zero-order valence-corrected chi connectivity index (χ0v) is 20.2. The predicted molar refractivity (Wildman–Crippen MR) is 133 cm³/mol. The second-order valence-corrected chi connectivity index (χ2v) is 10.3. The van der Waals surface area contributed by atoms with E-state index in [4.69, 9.17) is 32.0 Å². The van der Waals surface area contributed by atoms with Crippen molar-refractivity contribution in [3.8, 4) is 0 Å². The Morgan fingerprint density at radius 1 is 1.23 bits per heavy atom. The van der Waals surface area contributed by atoms with Crippen LogP contribution in [0.3, 0.4) is 0 Å². The van der Waals surface area contributed by atoms with E-state index in [1.54, 1.807) is 6.07 Å². The van der Waals surface area contributed by atoms with Crippen molar-refractivity contribution in [3.63, 3.8) is 0 Å². The molecule has 0 aliphatic carbocycles. The molecule has 4 aliphatic heterocycles. The molecule has 2 saturated heterocycles. The molecule has 2 aromatic rings. The Labute approximate surface area is 204 Å². The molecule has 1 aromatic carbocycles. The average molecular weight is 476 g/mol. The molecule has 2 fully saturated rings. The predicted octanol–water partition coefficient (Wildman–Crippen LogP) is 3.77. The van der Waals surface area contributed by atoms with E-state index in [0.717, 1.165) is 74.2 Å². The summed E-state index contributed by atoms with van der Waals surface area (Å²) in [4.78, 5) is 22.2. The number of halogens is 1. The third kappa shape index (κ3) is 3.42. The normalized spacial score (nSPS) is 26.9. The van der Waals surface area contributed by atoms with Crippen LogP contribution in [0.25, 0.3) is 4.85 Å². The fraction of sp³-hybridized carbons (Fsp3) is 0.538. The van der Waals surface area contributed by atoms with Gasteiger partial charge in [-0.3, -0.25) is 4.99 Å². The minimum absolute atomic E-state index is 0.0432. The molecule has 8 nitrogen and oxygen atoms in total. The van der Waals surface area contributed by atoms with Crippen molar-refractivity contribution in [2.45, 2.75) is 57.7 Å². The van der Waals surface area contributed by atoms with Crippen LogP contribution in [0.1, 0.15) is 56.0 Å². The zero-order chi connectivity index (χ0) is 24.3. The van der Waals surface area contributed by atoms with Crippen LogP contribution >= 0.6 is 0 Å². The summed E-state index contributed by atoms with van der Waals surface area (Å²) in [6.45, 7) is 15.0. The summed E-state index contributed by atoms with van der Waals surface area (Å²) in [6, 6.07) is 3.48. The minimum atomic E-state index is -0.417. The summed E-state index contributed by atoms with van der Waals surface area (Å²) in [7, 11) is 0. The van der Waals surface area contributed by atoms with Gasteiger partial charge in [-0.2, -0.15) is 0 Å². The van der Waals surface area contributed by atoms with E-state index < -0.39 is 5.82 Å². The van der Waals surface area contributed by atoms with E-state index >= 15 is 4.39 Å². The number of hydrogen-bond acceptors (Lipinski definition) is 7. The van der Waals surface area contributed by atoms with E-state index in [-0.39, 0.29) is 29.2 Å². The largest absolute Gasteiger partial charge is 0.376 e. The quantitative estimate of drug-likeness (QED) is 0.632. The van der Waals surface area contributed by atoms with Crippen molar-refractivity contribution >= 4 is 23.0 Å². The maximum atomic E-state index is 15.0. The number of ether oxygens (including phenoxy) is 1. The molecule has 0 amide bonds. The van der Waals surface area contributed by atoms with Crippen molar-refractivity contribution in [1.82, 2.24) is 9.97 Å². The van der Waals surface area contributed by atoms with Gasteiger partial charge in [0.1, 0.15) is 17.3 Å². The van der Waals surface area contributed by atoms with E-state index in [0.29, 0.717) is 12.1 Å². The molecule has 6 rings (SSSR count). The van der Waals surface area contributed by atoms with Gasteiger partial charge >= 0.3 is 0 Å². The van der Waals surface area contributed by atoms with Crippen LogP contribution in [-0.4, -0.2) is 54.2 Å². The van der Waals surface area contributed by atoms with Crippen LogP contribution in [-0.2, 0) is 11.3 Å².